The molecular weight excluding hydrogens is 266 g/mol. The Labute approximate surface area is 123 Å². The molecule has 0 radical (unpaired) electrons. The zero-order valence-electron chi connectivity index (χ0n) is 12.2. The molecule has 0 amide bonds. The quantitative estimate of drug-likeness (QED) is 0.661. The van der Waals surface area contributed by atoms with E-state index in [4.69, 9.17) is 15.8 Å². The number of ether oxygens (including phenoxy) is 1. The molecule has 0 atom stereocenters. The van der Waals surface area contributed by atoms with E-state index >= 15 is 0 Å². The van der Waals surface area contributed by atoms with Crippen molar-refractivity contribution in [3.05, 3.63) is 41.2 Å². The number of nitrogens with two attached hydrogens (primary N) is 1. The highest BCUT2D eigenvalue weighted by atomic mass is 16.5. The minimum Gasteiger partial charge on any atom is -0.439 e. The molecule has 2 rings (SSSR count). The third-order valence-electron chi connectivity index (χ3n) is 2.97. The lowest BCUT2D eigenvalue weighted by Crippen LogP contribution is -2.13. The van der Waals surface area contributed by atoms with Crippen molar-refractivity contribution in [1.82, 2.24) is 9.97 Å². The van der Waals surface area contributed by atoms with Crippen LogP contribution in [0.4, 0.5) is 5.82 Å². The van der Waals surface area contributed by atoms with Crippen molar-refractivity contribution in [2.45, 2.75) is 26.7 Å². The normalized spacial score (nSPS) is 10.3. The fourth-order valence-corrected chi connectivity index (χ4v) is 1.72. The van der Waals surface area contributed by atoms with Crippen LogP contribution in [0.3, 0.4) is 0 Å². The fourth-order valence-electron chi connectivity index (χ4n) is 1.72. The molecule has 6 heteroatoms. The standard InChI is InChI=1S/C15H17N5O/c1-9(2)13-18-14(20-17)10(3)15(19-13)21-12-6-4-11(8-16)5-7-12/h4-7,9H,17H2,1-3H3,(H,18,19,20). The van der Waals surface area contributed by atoms with Gasteiger partial charge in [0.1, 0.15) is 11.6 Å². The largest absolute Gasteiger partial charge is 0.439 e. The van der Waals surface area contributed by atoms with Crippen molar-refractivity contribution in [2.24, 2.45) is 5.84 Å². The number of nitriles is 1. The maximum atomic E-state index is 8.79. The monoisotopic (exact) mass is 283 g/mol. The summed E-state index contributed by atoms with van der Waals surface area (Å²) in [7, 11) is 0. The number of anilines is 1. The van der Waals surface area contributed by atoms with Crippen molar-refractivity contribution in [1.29, 1.82) is 5.26 Å². The van der Waals surface area contributed by atoms with Gasteiger partial charge in [-0.25, -0.2) is 10.8 Å². The third-order valence-corrected chi connectivity index (χ3v) is 2.97. The summed E-state index contributed by atoms with van der Waals surface area (Å²) >= 11 is 0. The van der Waals surface area contributed by atoms with Crippen LogP contribution in [0.2, 0.25) is 0 Å². The summed E-state index contributed by atoms with van der Waals surface area (Å²) < 4.78 is 5.79. The molecule has 1 aromatic heterocycles. The van der Waals surface area contributed by atoms with Gasteiger partial charge in [0.25, 0.3) is 0 Å². The highest BCUT2D eigenvalue weighted by Gasteiger charge is 2.14. The summed E-state index contributed by atoms with van der Waals surface area (Å²) in [6.45, 7) is 5.82. The molecule has 1 aromatic carbocycles. The molecule has 108 valence electrons. The van der Waals surface area contributed by atoms with E-state index in [9.17, 15) is 0 Å². The van der Waals surface area contributed by atoms with E-state index in [0.29, 0.717) is 28.8 Å². The lowest BCUT2D eigenvalue weighted by molar-refractivity contribution is 0.453. The number of aromatic nitrogens is 2. The predicted molar refractivity (Wildman–Crippen MR) is 79.9 cm³/mol. The van der Waals surface area contributed by atoms with E-state index in [1.165, 1.54) is 0 Å². The van der Waals surface area contributed by atoms with Crippen LogP contribution < -0.4 is 16.0 Å². The highest BCUT2D eigenvalue weighted by Crippen LogP contribution is 2.28. The molecule has 0 unspecified atom stereocenters. The topological polar surface area (TPSA) is 96.8 Å². The minimum absolute atomic E-state index is 0.154. The number of hydrogen-bond acceptors (Lipinski definition) is 6. The lowest BCUT2D eigenvalue weighted by Gasteiger charge is -2.14. The van der Waals surface area contributed by atoms with Gasteiger partial charge in [-0.1, -0.05) is 13.8 Å². The average Bonchev–Trinajstić information content (AvgIpc) is 2.49. The Morgan fingerprint density at radius 2 is 1.90 bits per heavy atom. The minimum atomic E-state index is 0.154. The Bertz CT molecular complexity index is 674. The molecule has 0 aliphatic carbocycles. The fraction of sp³-hybridized carbons (Fsp3) is 0.267. The summed E-state index contributed by atoms with van der Waals surface area (Å²) in [4.78, 5) is 8.77. The van der Waals surface area contributed by atoms with E-state index in [0.717, 1.165) is 5.56 Å². The Morgan fingerprint density at radius 3 is 2.43 bits per heavy atom. The zero-order chi connectivity index (χ0) is 15.4. The highest BCUT2D eigenvalue weighted by molar-refractivity contribution is 5.49. The van der Waals surface area contributed by atoms with E-state index in [2.05, 4.69) is 21.5 Å². The molecule has 0 bridgehead atoms. The number of rotatable bonds is 4. The van der Waals surface area contributed by atoms with Crippen LogP contribution in [0.15, 0.2) is 24.3 Å². The summed E-state index contributed by atoms with van der Waals surface area (Å²) in [6, 6.07) is 8.90. The van der Waals surface area contributed by atoms with Crippen molar-refractivity contribution < 1.29 is 4.74 Å². The number of nitrogen functional groups attached to an aromatic ring is 1. The van der Waals surface area contributed by atoms with Gasteiger partial charge in [-0.05, 0) is 31.2 Å². The summed E-state index contributed by atoms with van der Waals surface area (Å²) in [6.07, 6.45) is 0. The maximum Gasteiger partial charge on any atom is 0.227 e. The van der Waals surface area contributed by atoms with E-state index in [1.807, 2.05) is 20.8 Å². The first-order valence-electron chi connectivity index (χ1n) is 6.58. The van der Waals surface area contributed by atoms with Crippen molar-refractivity contribution in [3.63, 3.8) is 0 Å². The van der Waals surface area contributed by atoms with Crippen LogP contribution in [0.5, 0.6) is 11.6 Å². The molecule has 0 spiro atoms. The van der Waals surface area contributed by atoms with Crippen molar-refractivity contribution >= 4 is 5.82 Å². The van der Waals surface area contributed by atoms with E-state index < -0.39 is 0 Å². The Balaban J connectivity index is 2.37. The number of hydrogen-bond donors (Lipinski definition) is 2. The number of hydrazine groups is 1. The smallest absolute Gasteiger partial charge is 0.227 e. The average molecular weight is 283 g/mol. The van der Waals surface area contributed by atoms with E-state index in [-0.39, 0.29) is 5.92 Å². The van der Waals surface area contributed by atoms with Gasteiger partial charge in [0.05, 0.1) is 17.2 Å². The second-order valence-corrected chi connectivity index (χ2v) is 4.90. The number of nitrogens with one attached hydrogen (secondary N) is 1. The molecule has 1 heterocycles. The van der Waals surface area contributed by atoms with Gasteiger partial charge in [-0.3, -0.25) is 0 Å². The summed E-state index contributed by atoms with van der Waals surface area (Å²) in [5.74, 6) is 7.89. The molecule has 0 saturated carbocycles. The lowest BCUT2D eigenvalue weighted by atomic mass is 10.2. The van der Waals surface area contributed by atoms with Crippen molar-refractivity contribution in [2.75, 3.05) is 5.43 Å². The maximum absolute atomic E-state index is 8.79. The van der Waals surface area contributed by atoms with E-state index in [1.54, 1.807) is 24.3 Å². The van der Waals surface area contributed by atoms with Gasteiger partial charge in [0.2, 0.25) is 5.88 Å². The Hall–Kier alpha value is -2.65. The molecule has 3 N–H and O–H groups in total. The van der Waals surface area contributed by atoms with Gasteiger partial charge >= 0.3 is 0 Å². The zero-order valence-corrected chi connectivity index (χ0v) is 12.2. The predicted octanol–water partition coefficient (Wildman–Crippen LogP) is 2.86. The SMILES string of the molecule is Cc1c(NN)nc(C(C)C)nc1Oc1ccc(C#N)cc1. The van der Waals surface area contributed by atoms with Crippen molar-refractivity contribution in [3.8, 4) is 17.7 Å². The van der Waals surface area contributed by atoms with Gasteiger partial charge < -0.3 is 10.2 Å². The number of nitrogens with zero attached hydrogens (tertiary/aromatic N) is 3. The van der Waals surface area contributed by atoms with Crippen LogP contribution >= 0.6 is 0 Å². The van der Waals surface area contributed by atoms with Gasteiger partial charge in [0, 0.05) is 5.92 Å². The van der Waals surface area contributed by atoms with Gasteiger partial charge in [-0.2, -0.15) is 10.2 Å². The molecule has 0 fully saturated rings. The Morgan fingerprint density at radius 1 is 1.24 bits per heavy atom. The summed E-state index contributed by atoms with van der Waals surface area (Å²) in [5, 5.41) is 8.79. The Kier molecular flexibility index (Phi) is 4.36. The summed E-state index contributed by atoms with van der Waals surface area (Å²) in [5.41, 5.74) is 3.87. The first-order chi connectivity index (χ1) is 10.0. The second-order valence-electron chi connectivity index (χ2n) is 4.90. The van der Waals surface area contributed by atoms with Crippen LogP contribution in [0.25, 0.3) is 0 Å². The molecular formula is C15H17N5O. The van der Waals surface area contributed by atoms with Crippen LogP contribution in [-0.2, 0) is 0 Å². The van der Waals surface area contributed by atoms with Gasteiger partial charge in [-0.15, -0.1) is 0 Å². The molecule has 2 aromatic rings. The molecule has 0 aliphatic rings. The third kappa shape index (κ3) is 3.27. The van der Waals surface area contributed by atoms with Crippen LogP contribution in [-0.4, -0.2) is 9.97 Å². The molecule has 0 aliphatic heterocycles. The first kappa shape index (κ1) is 14.8. The molecule has 6 nitrogen and oxygen atoms in total. The second kappa shape index (κ2) is 6.20. The van der Waals surface area contributed by atoms with Gasteiger partial charge in [0.15, 0.2) is 5.82 Å². The molecule has 21 heavy (non-hydrogen) atoms. The molecule has 0 saturated heterocycles. The first-order valence-corrected chi connectivity index (χ1v) is 6.58. The van der Waals surface area contributed by atoms with Crippen LogP contribution in [0.1, 0.15) is 36.7 Å². The number of benzene rings is 1. The van der Waals surface area contributed by atoms with Crippen LogP contribution in [0, 0.1) is 18.3 Å².